The van der Waals surface area contributed by atoms with Crippen molar-refractivity contribution < 1.29 is 10.0 Å². The minimum Gasteiger partial charge on any atom is -0.315 e. The van der Waals surface area contributed by atoms with Crippen molar-refractivity contribution in [3.63, 3.8) is 0 Å². The first-order valence-electron chi connectivity index (χ1n) is 6.66. The summed E-state index contributed by atoms with van der Waals surface area (Å²) in [6, 6.07) is 10.8. The number of rotatable bonds is 5. The maximum absolute atomic E-state index is 12.2. The van der Waals surface area contributed by atoms with E-state index >= 15 is 0 Å². The molecule has 0 aliphatic carbocycles. The number of hydroxylamine groups is 1. The highest BCUT2D eigenvalue weighted by molar-refractivity contribution is 6.30. The van der Waals surface area contributed by atoms with Gasteiger partial charge in [-0.15, -0.1) is 0 Å². The molecule has 0 radical (unpaired) electrons. The summed E-state index contributed by atoms with van der Waals surface area (Å²) in [5, 5.41) is 9.10. The molecule has 0 unspecified atom stereocenters. The molecule has 0 atom stereocenters. The fourth-order valence-corrected chi connectivity index (χ4v) is 2.09. The van der Waals surface area contributed by atoms with Gasteiger partial charge < -0.3 is 4.57 Å². The van der Waals surface area contributed by atoms with Crippen LogP contribution in [0.2, 0.25) is 5.02 Å². The van der Waals surface area contributed by atoms with Crippen LogP contribution < -0.4 is 11.0 Å². The fourth-order valence-electron chi connectivity index (χ4n) is 1.96. The Morgan fingerprint density at radius 1 is 1.27 bits per heavy atom. The molecule has 0 saturated heterocycles. The molecule has 5 nitrogen and oxygen atoms in total. The van der Waals surface area contributed by atoms with Crippen molar-refractivity contribution in [1.29, 1.82) is 0 Å². The quantitative estimate of drug-likeness (QED) is 0.504. The Morgan fingerprint density at radius 3 is 2.68 bits per heavy atom. The average Bonchev–Trinajstić information content (AvgIpc) is 2.54. The zero-order chi connectivity index (χ0) is 15.9. The lowest BCUT2D eigenvalue weighted by molar-refractivity contribution is -0.124. The Bertz CT molecular complexity index is 736. The van der Waals surface area contributed by atoms with E-state index in [4.69, 9.17) is 16.8 Å². The Labute approximate surface area is 132 Å². The van der Waals surface area contributed by atoms with Crippen molar-refractivity contribution in [3.05, 3.63) is 75.2 Å². The van der Waals surface area contributed by atoms with Gasteiger partial charge in [0.25, 0.3) is 11.5 Å². The summed E-state index contributed by atoms with van der Waals surface area (Å²) in [5.41, 5.74) is 2.74. The zero-order valence-electron chi connectivity index (χ0n) is 11.7. The molecule has 2 N–H and O–H groups in total. The number of benzene rings is 1. The topological polar surface area (TPSA) is 71.3 Å². The van der Waals surface area contributed by atoms with Crippen molar-refractivity contribution in [2.45, 2.75) is 13.0 Å². The highest BCUT2D eigenvalue weighted by Crippen LogP contribution is 2.10. The molecule has 0 bridgehead atoms. The van der Waals surface area contributed by atoms with Gasteiger partial charge in [-0.1, -0.05) is 23.7 Å². The summed E-state index contributed by atoms with van der Waals surface area (Å²) in [7, 11) is 0. The number of aromatic nitrogens is 1. The molecule has 0 fully saturated rings. The van der Waals surface area contributed by atoms with E-state index in [-0.39, 0.29) is 5.56 Å². The van der Waals surface area contributed by atoms with Crippen LogP contribution in [0.4, 0.5) is 0 Å². The normalized spacial score (nSPS) is 10.8. The van der Waals surface area contributed by atoms with Gasteiger partial charge in [0.05, 0.1) is 0 Å². The van der Waals surface area contributed by atoms with Gasteiger partial charge in [-0.3, -0.25) is 14.8 Å². The fraction of sp³-hybridized carbons (Fsp3) is 0.125. The van der Waals surface area contributed by atoms with Crippen molar-refractivity contribution in [3.8, 4) is 0 Å². The predicted octanol–water partition coefficient (Wildman–Crippen LogP) is 2.26. The number of amides is 1. The number of nitrogens with one attached hydrogen (secondary N) is 1. The number of pyridine rings is 1. The molecule has 0 saturated carbocycles. The molecule has 114 valence electrons. The Kier molecular flexibility index (Phi) is 5.52. The Balaban J connectivity index is 2.11. The first-order chi connectivity index (χ1) is 10.6. The third-order valence-electron chi connectivity index (χ3n) is 3.13. The second kappa shape index (κ2) is 7.59. The smallest absolute Gasteiger partial charge is 0.267 e. The Morgan fingerprint density at radius 2 is 2.00 bits per heavy atom. The summed E-state index contributed by atoms with van der Waals surface area (Å²) in [4.78, 5) is 23.2. The van der Waals surface area contributed by atoms with Crippen LogP contribution in [0.15, 0.2) is 53.5 Å². The molecule has 0 aliphatic heterocycles. The number of nitrogens with zero attached hydrogens (tertiary/aromatic N) is 1. The zero-order valence-corrected chi connectivity index (χ0v) is 12.5. The van der Waals surface area contributed by atoms with Gasteiger partial charge in [0.15, 0.2) is 0 Å². The molecule has 1 amide bonds. The third-order valence-corrected chi connectivity index (χ3v) is 3.38. The van der Waals surface area contributed by atoms with Crippen molar-refractivity contribution >= 4 is 23.6 Å². The third kappa shape index (κ3) is 4.31. The van der Waals surface area contributed by atoms with E-state index in [1.807, 2.05) is 24.3 Å². The van der Waals surface area contributed by atoms with Crippen LogP contribution in [0.25, 0.3) is 6.08 Å². The van der Waals surface area contributed by atoms with Gasteiger partial charge in [0.2, 0.25) is 0 Å². The standard InChI is InChI=1S/C16H15ClN2O3/c17-14-6-3-12(4-7-14)9-11-19-10-1-2-13(16(19)21)5-8-15(20)18-22/h1-8,10,22H,9,11H2,(H,18,20)/b8-5+. The van der Waals surface area contributed by atoms with Gasteiger partial charge in [0, 0.05) is 29.4 Å². The molecular weight excluding hydrogens is 304 g/mol. The van der Waals surface area contributed by atoms with E-state index in [9.17, 15) is 9.59 Å². The van der Waals surface area contributed by atoms with Gasteiger partial charge in [0.1, 0.15) is 0 Å². The molecule has 2 rings (SSSR count). The highest BCUT2D eigenvalue weighted by Gasteiger charge is 2.02. The molecule has 1 heterocycles. The maximum atomic E-state index is 12.2. The second-order valence-corrected chi connectivity index (χ2v) is 5.08. The lowest BCUT2D eigenvalue weighted by Gasteiger charge is -2.07. The van der Waals surface area contributed by atoms with E-state index in [0.29, 0.717) is 23.6 Å². The van der Waals surface area contributed by atoms with Gasteiger partial charge >= 0.3 is 0 Å². The molecule has 0 aliphatic rings. The van der Waals surface area contributed by atoms with E-state index in [1.54, 1.807) is 22.9 Å². The Hall–Kier alpha value is -2.37. The monoisotopic (exact) mass is 318 g/mol. The maximum Gasteiger partial charge on any atom is 0.267 e. The molecule has 1 aromatic heterocycles. The van der Waals surface area contributed by atoms with Crippen molar-refractivity contribution in [2.24, 2.45) is 0 Å². The largest absolute Gasteiger partial charge is 0.315 e. The van der Waals surface area contributed by atoms with Crippen LogP contribution in [0.1, 0.15) is 11.1 Å². The van der Waals surface area contributed by atoms with E-state index in [1.165, 1.54) is 11.6 Å². The number of hydrogen-bond donors (Lipinski definition) is 2. The molecular formula is C16H15ClN2O3. The van der Waals surface area contributed by atoms with E-state index in [2.05, 4.69) is 0 Å². The van der Waals surface area contributed by atoms with E-state index in [0.717, 1.165) is 11.6 Å². The lowest BCUT2D eigenvalue weighted by Crippen LogP contribution is -2.22. The van der Waals surface area contributed by atoms with Gasteiger partial charge in [-0.2, -0.15) is 0 Å². The first kappa shape index (κ1) is 16.0. The van der Waals surface area contributed by atoms with Crippen LogP contribution in [-0.2, 0) is 17.8 Å². The first-order valence-corrected chi connectivity index (χ1v) is 7.04. The minimum atomic E-state index is -0.684. The van der Waals surface area contributed by atoms with Gasteiger partial charge in [-0.05, 0) is 42.3 Å². The van der Waals surface area contributed by atoms with Crippen molar-refractivity contribution in [1.82, 2.24) is 10.0 Å². The number of carbonyl (C=O) groups excluding carboxylic acids is 1. The number of carbonyl (C=O) groups is 1. The summed E-state index contributed by atoms with van der Waals surface area (Å²) in [5.74, 6) is -0.684. The number of hydrogen-bond acceptors (Lipinski definition) is 3. The summed E-state index contributed by atoms with van der Waals surface area (Å²) in [6.07, 6.45) is 4.86. The molecule has 22 heavy (non-hydrogen) atoms. The van der Waals surface area contributed by atoms with Crippen molar-refractivity contribution in [2.75, 3.05) is 0 Å². The average molecular weight is 319 g/mol. The lowest BCUT2D eigenvalue weighted by atomic mass is 10.1. The summed E-state index contributed by atoms with van der Waals surface area (Å²) in [6.45, 7) is 0.522. The van der Waals surface area contributed by atoms with Crippen LogP contribution >= 0.6 is 11.6 Å². The highest BCUT2D eigenvalue weighted by atomic mass is 35.5. The van der Waals surface area contributed by atoms with Crippen LogP contribution in [0.3, 0.4) is 0 Å². The molecule has 6 heteroatoms. The summed E-state index contributed by atoms with van der Waals surface area (Å²) < 4.78 is 1.57. The van der Waals surface area contributed by atoms with Crippen LogP contribution in [-0.4, -0.2) is 15.7 Å². The van der Waals surface area contributed by atoms with Crippen LogP contribution in [0.5, 0.6) is 0 Å². The van der Waals surface area contributed by atoms with Crippen LogP contribution in [0, 0.1) is 0 Å². The number of aryl methyl sites for hydroxylation is 2. The SMILES string of the molecule is O=C(/C=C/c1cccn(CCc2ccc(Cl)cc2)c1=O)NO. The van der Waals surface area contributed by atoms with E-state index < -0.39 is 5.91 Å². The minimum absolute atomic E-state index is 0.196. The number of halogens is 1. The molecule has 2 aromatic rings. The second-order valence-electron chi connectivity index (χ2n) is 4.65. The molecule has 1 aromatic carbocycles. The van der Waals surface area contributed by atoms with Gasteiger partial charge in [-0.25, -0.2) is 5.48 Å². The predicted molar refractivity (Wildman–Crippen MR) is 84.8 cm³/mol. The summed E-state index contributed by atoms with van der Waals surface area (Å²) >= 11 is 5.83. The molecule has 0 spiro atoms.